The van der Waals surface area contributed by atoms with Crippen LogP contribution >= 0.6 is 0 Å². The number of hydrogen-bond donors (Lipinski definition) is 1. The number of phenolic OH excluding ortho intramolecular Hbond substituents is 1. The molecule has 2 aliphatic rings. The molecule has 4 atom stereocenters. The lowest BCUT2D eigenvalue weighted by Crippen LogP contribution is -2.32. The van der Waals surface area contributed by atoms with Crippen molar-refractivity contribution < 1.29 is 5.11 Å². The maximum Gasteiger partial charge on any atom is 0.121 e. The van der Waals surface area contributed by atoms with Crippen LogP contribution in [-0.2, 0) is 0 Å². The standard InChI is InChI=1S/C17H24O/c1-10-6-5-7-13(16(10)18)15-9-12-8-14(15)11(2)17(12,3)4/h5-7,11-12,14-15,18H,8-9H2,1-4H3/t11-,12+,14+,15+/m0/s1. The highest BCUT2D eigenvalue weighted by Gasteiger charge is 2.55. The molecule has 2 saturated carbocycles. The van der Waals surface area contributed by atoms with Crippen molar-refractivity contribution in [3.05, 3.63) is 29.3 Å². The predicted molar refractivity (Wildman–Crippen MR) is 74.7 cm³/mol. The first-order chi connectivity index (χ1) is 8.43. The molecule has 98 valence electrons. The van der Waals surface area contributed by atoms with Crippen LogP contribution in [0.3, 0.4) is 0 Å². The average molecular weight is 244 g/mol. The summed E-state index contributed by atoms with van der Waals surface area (Å²) in [7, 11) is 0. The molecule has 2 fully saturated rings. The first-order valence-corrected chi connectivity index (χ1v) is 7.21. The Hall–Kier alpha value is -0.980. The molecule has 1 nitrogen and oxygen atoms in total. The lowest BCUT2D eigenvalue weighted by atomic mass is 9.65. The van der Waals surface area contributed by atoms with Crippen molar-refractivity contribution in [3.63, 3.8) is 0 Å². The van der Waals surface area contributed by atoms with Gasteiger partial charge in [-0.3, -0.25) is 0 Å². The summed E-state index contributed by atoms with van der Waals surface area (Å²) in [5.41, 5.74) is 2.70. The zero-order chi connectivity index (χ0) is 13.1. The SMILES string of the molecule is Cc1cccc([C@H]2C[C@H]3C[C@@H]2[C@H](C)C3(C)C)c1O. The molecular weight excluding hydrogens is 220 g/mol. The van der Waals surface area contributed by atoms with Gasteiger partial charge < -0.3 is 5.11 Å². The third kappa shape index (κ3) is 1.46. The monoisotopic (exact) mass is 244 g/mol. The second-order valence-electron chi connectivity index (χ2n) is 7.06. The zero-order valence-corrected chi connectivity index (χ0v) is 11.9. The number of aryl methyl sites for hydroxylation is 1. The Morgan fingerprint density at radius 1 is 1.22 bits per heavy atom. The van der Waals surface area contributed by atoms with Crippen molar-refractivity contribution in [3.8, 4) is 5.75 Å². The molecule has 1 heteroatoms. The highest BCUT2D eigenvalue weighted by atomic mass is 16.3. The van der Waals surface area contributed by atoms with Gasteiger partial charge in [0.2, 0.25) is 0 Å². The number of benzene rings is 1. The van der Waals surface area contributed by atoms with E-state index in [-0.39, 0.29) is 0 Å². The maximum absolute atomic E-state index is 10.3. The highest BCUT2D eigenvalue weighted by Crippen LogP contribution is 2.64. The van der Waals surface area contributed by atoms with Crippen LogP contribution in [0, 0.1) is 30.1 Å². The molecule has 0 aromatic heterocycles. The topological polar surface area (TPSA) is 20.2 Å². The zero-order valence-electron chi connectivity index (χ0n) is 11.9. The number of aromatic hydroxyl groups is 1. The summed E-state index contributed by atoms with van der Waals surface area (Å²) in [6, 6.07) is 6.22. The lowest BCUT2D eigenvalue weighted by Gasteiger charge is -2.40. The van der Waals surface area contributed by atoms with Gasteiger partial charge in [0.05, 0.1) is 0 Å². The van der Waals surface area contributed by atoms with Crippen molar-refractivity contribution in [2.75, 3.05) is 0 Å². The third-order valence-electron chi connectivity index (χ3n) is 6.15. The number of hydrogen-bond acceptors (Lipinski definition) is 1. The van der Waals surface area contributed by atoms with Gasteiger partial charge in [0.15, 0.2) is 0 Å². The van der Waals surface area contributed by atoms with Crippen LogP contribution in [0.2, 0.25) is 0 Å². The molecule has 18 heavy (non-hydrogen) atoms. The van der Waals surface area contributed by atoms with Crippen LogP contribution in [-0.4, -0.2) is 5.11 Å². The fourth-order valence-electron chi connectivity index (χ4n) is 4.49. The fraction of sp³-hybridized carbons (Fsp3) is 0.647. The highest BCUT2D eigenvalue weighted by molar-refractivity contribution is 5.43. The maximum atomic E-state index is 10.3. The molecule has 1 N–H and O–H groups in total. The first-order valence-electron chi connectivity index (χ1n) is 7.21. The Labute approximate surface area is 110 Å². The summed E-state index contributed by atoms with van der Waals surface area (Å²) in [5.74, 6) is 3.49. The molecule has 3 rings (SSSR count). The van der Waals surface area contributed by atoms with Gasteiger partial charge in [0, 0.05) is 0 Å². The largest absolute Gasteiger partial charge is 0.507 e. The molecule has 0 heterocycles. The number of phenols is 1. The molecule has 1 aromatic carbocycles. The molecule has 0 radical (unpaired) electrons. The lowest BCUT2D eigenvalue weighted by molar-refractivity contribution is 0.121. The van der Waals surface area contributed by atoms with Gasteiger partial charge in [0.1, 0.15) is 5.75 Å². The third-order valence-corrected chi connectivity index (χ3v) is 6.15. The molecule has 2 bridgehead atoms. The van der Waals surface area contributed by atoms with E-state index >= 15 is 0 Å². The van der Waals surface area contributed by atoms with Crippen LogP contribution < -0.4 is 0 Å². The van der Waals surface area contributed by atoms with E-state index in [2.05, 4.69) is 32.9 Å². The number of fused-ring (bicyclic) bond motifs is 2. The van der Waals surface area contributed by atoms with Crippen LogP contribution in [0.5, 0.6) is 5.75 Å². The Morgan fingerprint density at radius 2 is 1.94 bits per heavy atom. The van der Waals surface area contributed by atoms with E-state index in [4.69, 9.17) is 0 Å². The van der Waals surface area contributed by atoms with Gasteiger partial charge in [-0.25, -0.2) is 0 Å². The van der Waals surface area contributed by atoms with Gasteiger partial charge in [-0.15, -0.1) is 0 Å². The van der Waals surface area contributed by atoms with Gasteiger partial charge >= 0.3 is 0 Å². The molecule has 0 aliphatic heterocycles. The van der Waals surface area contributed by atoms with E-state index in [0.29, 0.717) is 17.1 Å². The van der Waals surface area contributed by atoms with Crippen LogP contribution in [0.4, 0.5) is 0 Å². The molecule has 2 aliphatic carbocycles. The molecule has 0 saturated heterocycles. The van der Waals surface area contributed by atoms with E-state index < -0.39 is 0 Å². The minimum atomic E-state index is 0.487. The Balaban J connectivity index is 1.96. The van der Waals surface area contributed by atoms with Crippen LogP contribution in [0.1, 0.15) is 50.7 Å². The van der Waals surface area contributed by atoms with Crippen LogP contribution in [0.25, 0.3) is 0 Å². The first kappa shape index (κ1) is 12.1. The van der Waals surface area contributed by atoms with Gasteiger partial charge in [-0.1, -0.05) is 39.0 Å². The minimum absolute atomic E-state index is 0.487. The quantitative estimate of drug-likeness (QED) is 0.772. The van der Waals surface area contributed by atoms with Crippen molar-refractivity contribution in [1.82, 2.24) is 0 Å². The summed E-state index contributed by atoms with van der Waals surface area (Å²) in [6.45, 7) is 9.26. The summed E-state index contributed by atoms with van der Waals surface area (Å²) in [4.78, 5) is 0. The minimum Gasteiger partial charge on any atom is -0.507 e. The Kier molecular flexibility index (Phi) is 2.52. The second-order valence-corrected chi connectivity index (χ2v) is 7.06. The van der Waals surface area contributed by atoms with Gasteiger partial charge in [-0.05, 0) is 60.0 Å². The molecule has 0 unspecified atom stereocenters. The summed E-state index contributed by atoms with van der Waals surface area (Å²) in [6.07, 6.45) is 2.62. The van der Waals surface area contributed by atoms with E-state index in [0.717, 1.165) is 23.3 Å². The van der Waals surface area contributed by atoms with Crippen molar-refractivity contribution in [2.24, 2.45) is 23.2 Å². The summed E-state index contributed by atoms with van der Waals surface area (Å²) < 4.78 is 0. The Bertz CT molecular complexity index is 470. The van der Waals surface area contributed by atoms with Gasteiger partial charge in [-0.2, -0.15) is 0 Å². The van der Waals surface area contributed by atoms with Crippen molar-refractivity contribution in [2.45, 2.75) is 46.5 Å². The predicted octanol–water partition coefficient (Wildman–Crippen LogP) is 4.49. The van der Waals surface area contributed by atoms with E-state index in [1.165, 1.54) is 18.4 Å². The average Bonchev–Trinajstić information content (AvgIpc) is 2.83. The second kappa shape index (κ2) is 3.76. The van der Waals surface area contributed by atoms with Crippen LogP contribution in [0.15, 0.2) is 18.2 Å². The van der Waals surface area contributed by atoms with Crippen molar-refractivity contribution in [1.29, 1.82) is 0 Å². The normalized spacial score (nSPS) is 37.1. The number of rotatable bonds is 1. The number of para-hydroxylation sites is 1. The van der Waals surface area contributed by atoms with E-state index in [1.807, 2.05) is 13.0 Å². The fourth-order valence-corrected chi connectivity index (χ4v) is 4.49. The van der Waals surface area contributed by atoms with Crippen molar-refractivity contribution >= 4 is 0 Å². The molecule has 0 amide bonds. The molecular formula is C17H24O. The Morgan fingerprint density at radius 3 is 2.56 bits per heavy atom. The van der Waals surface area contributed by atoms with Gasteiger partial charge in [0.25, 0.3) is 0 Å². The molecule has 0 spiro atoms. The van der Waals surface area contributed by atoms with E-state index in [9.17, 15) is 5.11 Å². The van der Waals surface area contributed by atoms with E-state index in [1.54, 1.807) is 0 Å². The summed E-state index contributed by atoms with van der Waals surface area (Å²) in [5, 5.41) is 10.3. The molecule has 1 aromatic rings. The smallest absolute Gasteiger partial charge is 0.121 e. The summed E-state index contributed by atoms with van der Waals surface area (Å²) >= 11 is 0.